The van der Waals surface area contributed by atoms with Crippen molar-refractivity contribution in [3.05, 3.63) is 52.2 Å². The van der Waals surface area contributed by atoms with Gasteiger partial charge in [0, 0.05) is 12.2 Å². The molecule has 0 aliphatic carbocycles. The largest absolute Gasteiger partial charge is 0.478 e. The van der Waals surface area contributed by atoms with Gasteiger partial charge in [-0.05, 0) is 53.1 Å². The van der Waals surface area contributed by atoms with Crippen LogP contribution in [0.15, 0.2) is 41.1 Å². The summed E-state index contributed by atoms with van der Waals surface area (Å²) in [5, 5.41) is 12.4. The highest BCUT2D eigenvalue weighted by Gasteiger charge is 2.42. The fourth-order valence-corrected chi connectivity index (χ4v) is 2.66. The molecule has 1 amide bonds. The minimum atomic E-state index is -5.00. The van der Waals surface area contributed by atoms with Gasteiger partial charge in [0.1, 0.15) is 0 Å². The smallest absolute Gasteiger partial charge is 0.471 e. The number of aromatic carboxylic acids is 1. The van der Waals surface area contributed by atoms with Crippen LogP contribution in [0.25, 0.3) is 0 Å². The van der Waals surface area contributed by atoms with Crippen LogP contribution in [-0.2, 0) is 11.2 Å². The van der Waals surface area contributed by atoms with Gasteiger partial charge in [0.2, 0.25) is 0 Å². The second-order valence-corrected chi connectivity index (χ2v) is 5.47. The summed E-state index contributed by atoms with van der Waals surface area (Å²) < 4.78 is 38.3. The fourth-order valence-electron chi connectivity index (χ4n) is 1.96. The second-order valence-electron chi connectivity index (χ2n) is 4.69. The number of benzene rings is 1. The van der Waals surface area contributed by atoms with Crippen molar-refractivity contribution in [2.45, 2.75) is 12.6 Å². The zero-order chi connectivity index (χ0) is 17.0. The van der Waals surface area contributed by atoms with Gasteiger partial charge in [-0.1, -0.05) is 0 Å². The number of carboxylic acids is 1. The zero-order valence-corrected chi connectivity index (χ0v) is 12.5. The maximum atomic E-state index is 12.8. The van der Waals surface area contributed by atoms with Crippen LogP contribution in [0.3, 0.4) is 0 Å². The van der Waals surface area contributed by atoms with E-state index < -0.39 is 18.1 Å². The average Bonchev–Trinajstić information content (AvgIpc) is 3.00. The highest BCUT2D eigenvalue weighted by atomic mass is 32.1. The van der Waals surface area contributed by atoms with Crippen LogP contribution in [0.1, 0.15) is 15.9 Å². The number of thiophene rings is 1. The Morgan fingerprint density at radius 1 is 1.13 bits per heavy atom. The number of hydrogen-bond donors (Lipinski definition) is 1. The van der Waals surface area contributed by atoms with Gasteiger partial charge in [0.15, 0.2) is 0 Å². The summed E-state index contributed by atoms with van der Waals surface area (Å²) in [7, 11) is 0. The molecular weight excluding hydrogens is 331 g/mol. The van der Waals surface area contributed by atoms with E-state index >= 15 is 0 Å². The van der Waals surface area contributed by atoms with Gasteiger partial charge in [-0.25, -0.2) is 4.79 Å². The van der Waals surface area contributed by atoms with Crippen molar-refractivity contribution in [3.63, 3.8) is 0 Å². The first kappa shape index (κ1) is 17.0. The van der Waals surface area contributed by atoms with Gasteiger partial charge in [-0.15, -0.1) is 0 Å². The van der Waals surface area contributed by atoms with Crippen molar-refractivity contribution in [1.29, 1.82) is 0 Å². The molecule has 23 heavy (non-hydrogen) atoms. The van der Waals surface area contributed by atoms with E-state index in [1.165, 1.54) is 35.6 Å². The molecule has 0 aliphatic heterocycles. The van der Waals surface area contributed by atoms with Gasteiger partial charge in [-0.2, -0.15) is 24.5 Å². The second kappa shape index (κ2) is 6.82. The molecule has 0 atom stereocenters. The summed E-state index contributed by atoms with van der Waals surface area (Å²) in [4.78, 5) is 23.0. The van der Waals surface area contributed by atoms with Gasteiger partial charge in [0.25, 0.3) is 0 Å². The Hall–Kier alpha value is -2.35. The number of carbonyl (C=O) groups excluding carboxylic acids is 1. The van der Waals surface area contributed by atoms with E-state index in [1.54, 1.807) is 16.8 Å². The van der Waals surface area contributed by atoms with Crippen molar-refractivity contribution in [2.24, 2.45) is 0 Å². The summed E-state index contributed by atoms with van der Waals surface area (Å²) in [6.45, 7) is -0.151. The van der Waals surface area contributed by atoms with Crippen LogP contribution in [0.5, 0.6) is 0 Å². The first-order valence-electron chi connectivity index (χ1n) is 6.52. The predicted octanol–water partition coefficient (Wildman–Crippen LogP) is 3.58. The molecule has 1 aromatic heterocycles. The third-order valence-corrected chi connectivity index (χ3v) is 3.85. The van der Waals surface area contributed by atoms with E-state index in [2.05, 4.69) is 0 Å². The normalized spacial score (nSPS) is 11.3. The Morgan fingerprint density at radius 3 is 2.26 bits per heavy atom. The van der Waals surface area contributed by atoms with Crippen LogP contribution in [0, 0.1) is 0 Å². The zero-order valence-electron chi connectivity index (χ0n) is 11.7. The van der Waals surface area contributed by atoms with Crippen molar-refractivity contribution in [3.8, 4) is 0 Å². The summed E-state index contributed by atoms with van der Waals surface area (Å²) >= 11 is 1.42. The average molecular weight is 343 g/mol. The maximum Gasteiger partial charge on any atom is 0.471 e. The topological polar surface area (TPSA) is 57.6 Å². The number of anilines is 1. The summed E-state index contributed by atoms with van der Waals surface area (Å²) in [5.41, 5.74) is 0.774. The van der Waals surface area contributed by atoms with Crippen LogP contribution < -0.4 is 4.90 Å². The number of nitrogens with zero attached hydrogens (tertiary/aromatic N) is 1. The third-order valence-electron chi connectivity index (χ3n) is 3.12. The molecule has 0 fully saturated rings. The number of amides is 1. The molecule has 0 spiro atoms. The summed E-state index contributed by atoms with van der Waals surface area (Å²) in [6, 6.07) is 6.49. The first-order valence-corrected chi connectivity index (χ1v) is 7.46. The fraction of sp³-hybridized carbons (Fsp3) is 0.200. The predicted molar refractivity (Wildman–Crippen MR) is 79.8 cm³/mol. The molecule has 1 N–H and O–H groups in total. The lowest BCUT2D eigenvalue weighted by Gasteiger charge is -2.24. The number of halogens is 3. The van der Waals surface area contributed by atoms with Gasteiger partial charge >= 0.3 is 18.1 Å². The van der Waals surface area contributed by atoms with E-state index in [1.807, 2.05) is 0 Å². The molecule has 0 bridgehead atoms. The minimum absolute atomic E-state index is 0.00699. The molecule has 0 aliphatic rings. The van der Waals surface area contributed by atoms with Gasteiger partial charge < -0.3 is 10.0 Å². The molecule has 4 nitrogen and oxygen atoms in total. The number of rotatable bonds is 5. The van der Waals surface area contributed by atoms with E-state index in [0.29, 0.717) is 4.90 Å². The summed E-state index contributed by atoms with van der Waals surface area (Å²) in [5.74, 6) is -3.17. The van der Waals surface area contributed by atoms with Crippen LogP contribution in [0.4, 0.5) is 18.9 Å². The van der Waals surface area contributed by atoms with Crippen molar-refractivity contribution in [1.82, 2.24) is 0 Å². The molecular formula is C15H12F3NO3S. The van der Waals surface area contributed by atoms with Gasteiger partial charge in [0.05, 0.1) is 5.56 Å². The molecule has 8 heteroatoms. The Kier molecular flexibility index (Phi) is 5.05. The monoisotopic (exact) mass is 343 g/mol. The molecule has 0 saturated heterocycles. The summed E-state index contributed by atoms with van der Waals surface area (Å²) in [6.07, 6.45) is -4.73. The first-order chi connectivity index (χ1) is 10.8. The number of hydrogen-bond acceptors (Lipinski definition) is 3. The quantitative estimate of drug-likeness (QED) is 0.903. The van der Waals surface area contributed by atoms with Crippen LogP contribution >= 0.6 is 11.3 Å². The standard InChI is InChI=1S/C15H12F3NO3S/c16-15(17,18)14(22)19(7-5-10-6-8-23-9-10)12-3-1-11(2-4-12)13(20)21/h1-4,6,8-9H,5,7H2,(H,20,21). The van der Waals surface area contributed by atoms with Crippen molar-refractivity contribution in [2.75, 3.05) is 11.4 Å². The molecule has 1 aromatic carbocycles. The van der Waals surface area contributed by atoms with Crippen molar-refractivity contribution < 1.29 is 27.9 Å². The maximum absolute atomic E-state index is 12.8. The molecule has 0 saturated carbocycles. The lowest BCUT2D eigenvalue weighted by atomic mass is 10.1. The molecule has 1 heterocycles. The lowest BCUT2D eigenvalue weighted by molar-refractivity contribution is -0.170. The number of carboxylic acid groups (broad SMARTS) is 1. The van der Waals surface area contributed by atoms with Gasteiger partial charge in [-0.3, -0.25) is 4.79 Å². The highest BCUT2D eigenvalue weighted by molar-refractivity contribution is 7.07. The molecule has 122 valence electrons. The Balaban J connectivity index is 2.24. The molecule has 2 aromatic rings. The van der Waals surface area contributed by atoms with E-state index in [9.17, 15) is 22.8 Å². The molecule has 2 rings (SSSR count). The number of alkyl halides is 3. The molecule has 0 unspecified atom stereocenters. The third kappa shape index (κ3) is 4.32. The van der Waals surface area contributed by atoms with Crippen LogP contribution in [0.2, 0.25) is 0 Å². The minimum Gasteiger partial charge on any atom is -0.478 e. The Bertz CT molecular complexity index is 681. The molecule has 0 radical (unpaired) electrons. The van der Waals surface area contributed by atoms with E-state index in [4.69, 9.17) is 5.11 Å². The van der Waals surface area contributed by atoms with Crippen molar-refractivity contribution >= 4 is 28.9 Å². The van der Waals surface area contributed by atoms with E-state index in [0.717, 1.165) is 5.56 Å². The Labute approximate surface area is 133 Å². The SMILES string of the molecule is O=C(O)c1ccc(N(CCc2ccsc2)C(=O)C(F)(F)F)cc1. The highest BCUT2D eigenvalue weighted by Crippen LogP contribution is 2.24. The number of carbonyl (C=O) groups is 2. The lowest BCUT2D eigenvalue weighted by Crippen LogP contribution is -2.42. The van der Waals surface area contributed by atoms with E-state index in [-0.39, 0.29) is 24.2 Å². The van der Waals surface area contributed by atoms with Crippen LogP contribution in [-0.4, -0.2) is 29.7 Å². The Morgan fingerprint density at radius 2 is 1.78 bits per heavy atom.